The number of nitrogens with one attached hydrogen (secondary N) is 2. The second-order valence-corrected chi connectivity index (χ2v) is 13.0. The van der Waals surface area contributed by atoms with Gasteiger partial charge in [-0.3, -0.25) is 0 Å². The summed E-state index contributed by atoms with van der Waals surface area (Å²) in [6, 6.07) is 13.9. The number of methoxy groups -OCH3 is 2. The minimum atomic E-state index is -0.492. The Bertz CT molecular complexity index is 1630. The molecule has 0 heterocycles. The van der Waals surface area contributed by atoms with E-state index in [1.807, 2.05) is 6.07 Å². The van der Waals surface area contributed by atoms with Crippen LogP contribution in [0.2, 0.25) is 20.1 Å². The molecule has 0 aliphatic rings. The number of hydrogen-bond donors (Lipinski definition) is 2. The van der Waals surface area contributed by atoms with Crippen molar-refractivity contribution in [3.8, 4) is 11.5 Å². The highest BCUT2D eigenvalue weighted by Gasteiger charge is 2.15. The first-order valence-corrected chi connectivity index (χ1v) is 18.2. The smallest absolute Gasteiger partial charge is 0.339 e. The van der Waals surface area contributed by atoms with Crippen LogP contribution in [-0.4, -0.2) is 39.4 Å². The van der Waals surface area contributed by atoms with Crippen molar-refractivity contribution in [3.05, 3.63) is 111 Å². The zero-order valence-electron chi connectivity index (χ0n) is 28.9. The Hall–Kier alpha value is -3.82. The monoisotopic (exact) mass is 776 g/mol. The van der Waals surface area contributed by atoms with E-state index in [0.29, 0.717) is 73.0 Å². The van der Waals surface area contributed by atoms with Gasteiger partial charge >= 0.3 is 11.9 Å². The van der Waals surface area contributed by atoms with Gasteiger partial charge in [0.15, 0.2) is 11.5 Å². The van der Waals surface area contributed by atoms with E-state index in [0.717, 1.165) is 51.4 Å². The van der Waals surface area contributed by atoms with Crippen LogP contribution < -0.4 is 20.1 Å². The predicted octanol–water partition coefficient (Wildman–Crippen LogP) is 12.0. The standard InChI is InChI=1S/C39H44Cl4N2O6/c1-4-5-17-27(38(46)48-2)26-44-28-22-31(40)36(32(41)23-28)50-20-15-11-9-7-6-8-10-12-16-21-51-37-33(42)24-29(25-34(37)43)45-35-19-14-13-18-30(35)39(47)49-3/h4-5,13-14,17-19,22-26,44-45H,1,6-12,15-16,20-21H2,2-3H3/b17-5-,27-26-. The molecule has 0 bridgehead atoms. The Morgan fingerprint density at radius 3 is 1.69 bits per heavy atom. The molecule has 8 nitrogen and oxygen atoms in total. The van der Waals surface area contributed by atoms with Gasteiger partial charge in [-0.25, -0.2) is 9.59 Å². The van der Waals surface area contributed by atoms with Crippen LogP contribution in [0.25, 0.3) is 0 Å². The molecule has 0 saturated carbocycles. The number of allylic oxidation sites excluding steroid dienone is 2. The van der Waals surface area contributed by atoms with E-state index in [2.05, 4.69) is 17.2 Å². The molecule has 0 saturated heterocycles. The maximum atomic E-state index is 12.1. The lowest BCUT2D eigenvalue weighted by Gasteiger charge is -2.14. The number of benzene rings is 3. The highest BCUT2D eigenvalue weighted by molar-refractivity contribution is 6.38. The van der Waals surface area contributed by atoms with E-state index in [1.54, 1.807) is 60.7 Å². The molecule has 0 fully saturated rings. The van der Waals surface area contributed by atoms with Crippen molar-refractivity contribution in [2.24, 2.45) is 0 Å². The molecule has 3 rings (SSSR count). The summed E-state index contributed by atoms with van der Waals surface area (Å²) < 4.78 is 21.4. The molecule has 0 aliphatic heterocycles. The lowest BCUT2D eigenvalue weighted by Crippen LogP contribution is -2.05. The van der Waals surface area contributed by atoms with Crippen LogP contribution >= 0.6 is 46.4 Å². The first-order chi connectivity index (χ1) is 24.7. The summed E-state index contributed by atoms with van der Waals surface area (Å²) in [5, 5.41) is 7.73. The molecular formula is C39H44Cl4N2O6. The van der Waals surface area contributed by atoms with E-state index < -0.39 is 11.9 Å². The number of anilines is 3. The van der Waals surface area contributed by atoms with E-state index in [9.17, 15) is 9.59 Å². The Morgan fingerprint density at radius 1 is 0.706 bits per heavy atom. The Kier molecular flexibility index (Phi) is 18.7. The molecule has 3 aromatic carbocycles. The molecule has 3 aromatic rings. The van der Waals surface area contributed by atoms with Gasteiger partial charge in [0.05, 0.1) is 64.3 Å². The third-order valence-corrected chi connectivity index (χ3v) is 8.74. The molecule has 51 heavy (non-hydrogen) atoms. The molecule has 2 N–H and O–H groups in total. The molecule has 0 atom stereocenters. The fraction of sp³-hybridized carbons (Fsp3) is 0.333. The Labute approximate surface area is 320 Å². The minimum absolute atomic E-state index is 0.308. The van der Waals surface area contributed by atoms with Gasteiger partial charge in [-0.05, 0) is 55.3 Å². The molecule has 12 heteroatoms. The summed E-state index contributed by atoms with van der Waals surface area (Å²) >= 11 is 25.8. The predicted molar refractivity (Wildman–Crippen MR) is 210 cm³/mol. The quantitative estimate of drug-likeness (QED) is 0.0451. The van der Waals surface area contributed by atoms with E-state index in [4.69, 9.17) is 65.4 Å². The third kappa shape index (κ3) is 14.0. The lowest BCUT2D eigenvalue weighted by molar-refractivity contribution is -0.135. The SMILES string of the molecule is C=C/C=C\C(=C\Nc1cc(Cl)c(OCCCCCCCCCCCOc2c(Cl)cc(Nc3ccccc3C(=O)OC)cc2Cl)c(Cl)c1)C(=O)OC. The second-order valence-electron chi connectivity index (χ2n) is 11.4. The number of hydrogen-bond acceptors (Lipinski definition) is 8. The zero-order chi connectivity index (χ0) is 37.0. The van der Waals surface area contributed by atoms with Crippen LogP contribution in [0, 0.1) is 0 Å². The van der Waals surface area contributed by atoms with Crippen molar-refractivity contribution in [2.45, 2.75) is 57.8 Å². The highest BCUT2D eigenvalue weighted by Crippen LogP contribution is 2.38. The molecule has 0 aromatic heterocycles. The first kappa shape index (κ1) is 41.6. The molecule has 274 valence electrons. The van der Waals surface area contributed by atoms with Crippen molar-refractivity contribution >= 4 is 75.4 Å². The minimum Gasteiger partial charge on any atom is -0.490 e. The molecule has 0 spiro atoms. The number of esters is 2. The third-order valence-electron chi connectivity index (χ3n) is 7.62. The molecular weight excluding hydrogens is 734 g/mol. The Morgan fingerprint density at radius 2 is 1.20 bits per heavy atom. The summed E-state index contributed by atoms with van der Waals surface area (Å²) in [6.07, 6.45) is 15.9. The number of halogens is 4. The maximum absolute atomic E-state index is 12.1. The largest absolute Gasteiger partial charge is 0.490 e. The topological polar surface area (TPSA) is 95.1 Å². The number of rotatable bonds is 22. The van der Waals surface area contributed by atoms with Crippen LogP contribution in [0.5, 0.6) is 11.5 Å². The van der Waals surface area contributed by atoms with Gasteiger partial charge in [-0.2, -0.15) is 0 Å². The molecule has 0 aliphatic carbocycles. The second kappa shape index (κ2) is 22.9. The fourth-order valence-electron chi connectivity index (χ4n) is 5.00. The normalized spacial score (nSPS) is 11.3. The summed E-state index contributed by atoms with van der Waals surface area (Å²) in [6.45, 7) is 4.64. The summed E-state index contributed by atoms with van der Waals surface area (Å²) in [7, 11) is 2.65. The number of ether oxygens (including phenoxy) is 4. The van der Waals surface area contributed by atoms with Crippen LogP contribution in [0.4, 0.5) is 17.1 Å². The van der Waals surface area contributed by atoms with Gasteiger partial charge in [0.2, 0.25) is 0 Å². The van der Waals surface area contributed by atoms with E-state index in [-0.39, 0.29) is 0 Å². The lowest BCUT2D eigenvalue weighted by atomic mass is 10.1. The van der Waals surface area contributed by atoms with Crippen molar-refractivity contribution < 1.29 is 28.5 Å². The van der Waals surface area contributed by atoms with Gasteiger partial charge in [0, 0.05) is 17.6 Å². The highest BCUT2D eigenvalue weighted by atomic mass is 35.5. The van der Waals surface area contributed by atoms with E-state index >= 15 is 0 Å². The number of unbranched alkanes of at least 4 members (excludes halogenated alkanes) is 8. The summed E-state index contributed by atoms with van der Waals surface area (Å²) in [5.74, 6) is -0.0461. The fourth-order valence-corrected chi connectivity index (χ4v) is 6.19. The summed E-state index contributed by atoms with van der Waals surface area (Å²) in [4.78, 5) is 24.0. The van der Waals surface area contributed by atoms with Gasteiger partial charge in [-0.1, -0.05) is 122 Å². The number of carbonyl (C=O) groups excluding carboxylic acids is 2. The summed E-state index contributed by atoms with van der Waals surface area (Å²) in [5.41, 5.74) is 2.54. The Balaban J connectivity index is 1.27. The molecule has 0 unspecified atom stereocenters. The van der Waals surface area contributed by atoms with Crippen LogP contribution in [0.3, 0.4) is 0 Å². The average Bonchev–Trinajstić information content (AvgIpc) is 3.11. The number of para-hydroxylation sites is 1. The van der Waals surface area contributed by atoms with Crippen LogP contribution in [0.1, 0.15) is 68.1 Å². The molecule has 0 radical (unpaired) electrons. The van der Waals surface area contributed by atoms with Gasteiger partial charge in [0.25, 0.3) is 0 Å². The van der Waals surface area contributed by atoms with Gasteiger partial charge < -0.3 is 29.6 Å². The van der Waals surface area contributed by atoms with Crippen molar-refractivity contribution in [3.63, 3.8) is 0 Å². The number of carbonyl (C=O) groups is 2. The van der Waals surface area contributed by atoms with Crippen LogP contribution in [0.15, 0.2) is 85.1 Å². The zero-order valence-corrected chi connectivity index (χ0v) is 31.9. The maximum Gasteiger partial charge on any atom is 0.339 e. The van der Waals surface area contributed by atoms with Crippen molar-refractivity contribution in [1.29, 1.82) is 0 Å². The van der Waals surface area contributed by atoms with Crippen molar-refractivity contribution in [1.82, 2.24) is 0 Å². The first-order valence-electron chi connectivity index (χ1n) is 16.7. The van der Waals surface area contributed by atoms with Crippen LogP contribution in [-0.2, 0) is 14.3 Å². The van der Waals surface area contributed by atoms with Gasteiger partial charge in [-0.15, -0.1) is 0 Å². The molecule has 0 amide bonds. The van der Waals surface area contributed by atoms with Gasteiger partial charge in [0.1, 0.15) is 0 Å². The van der Waals surface area contributed by atoms with E-state index in [1.165, 1.54) is 26.8 Å². The average molecular weight is 779 g/mol. The van der Waals surface area contributed by atoms with Crippen molar-refractivity contribution in [2.75, 3.05) is 38.1 Å².